The van der Waals surface area contributed by atoms with E-state index in [2.05, 4.69) is 38.5 Å². The minimum absolute atomic E-state index is 0. The molecule has 1 saturated heterocycles. The Morgan fingerprint density at radius 3 is 2.76 bits per heavy atom. The van der Waals surface area contributed by atoms with Crippen LogP contribution in [-0.2, 0) is 13.0 Å². The van der Waals surface area contributed by atoms with Crippen LogP contribution >= 0.6 is 24.8 Å². The van der Waals surface area contributed by atoms with Crippen molar-refractivity contribution in [1.82, 2.24) is 35.2 Å². The molecule has 4 rings (SSSR count). The molecule has 158 valence electrons. The molecule has 0 spiro atoms. The molecule has 0 radical (unpaired) electrons. The topological polar surface area (TPSA) is 89.7 Å². The zero-order chi connectivity index (χ0) is 18.6. The van der Waals surface area contributed by atoms with Crippen molar-refractivity contribution in [2.45, 2.75) is 38.8 Å². The number of carbonyl (C=O) groups is 1. The van der Waals surface area contributed by atoms with Crippen molar-refractivity contribution in [2.24, 2.45) is 0 Å². The van der Waals surface area contributed by atoms with E-state index in [1.54, 1.807) is 6.20 Å². The summed E-state index contributed by atoms with van der Waals surface area (Å²) in [4.78, 5) is 17.1. The van der Waals surface area contributed by atoms with Crippen molar-refractivity contribution in [3.05, 3.63) is 42.0 Å². The summed E-state index contributed by atoms with van der Waals surface area (Å²) in [7, 11) is 0. The number of rotatable bonds is 6. The molecule has 1 aliphatic heterocycles. The molecule has 10 heteroatoms. The monoisotopic (exact) mass is 439 g/mol. The number of para-hydroxylation sites is 2. The van der Waals surface area contributed by atoms with Crippen LogP contribution in [-0.4, -0.2) is 50.1 Å². The average molecular weight is 440 g/mol. The maximum Gasteiger partial charge on any atom is 0.273 e. The van der Waals surface area contributed by atoms with Crippen LogP contribution in [0.2, 0.25) is 0 Å². The number of nitrogens with one attached hydrogen (secondary N) is 2. The molecule has 0 saturated carbocycles. The van der Waals surface area contributed by atoms with E-state index in [4.69, 9.17) is 4.98 Å². The summed E-state index contributed by atoms with van der Waals surface area (Å²) in [5.41, 5.74) is 2.49. The van der Waals surface area contributed by atoms with E-state index < -0.39 is 0 Å². The lowest BCUT2D eigenvalue weighted by atomic mass is 10.1. The molecular formula is C19H27Cl2N7O. The van der Waals surface area contributed by atoms with E-state index in [0.29, 0.717) is 24.7 Å². The number of nitrogens with zero attached hydrogens (tertiary/aromatic N) is 5. The second-order valence-corrected chi connectivity index (χ2v) is 6.83. The quantitative estimate of drug-likeness (QED) is 0.615. The number of imidazole rings is 1. The Kier molecular flexibility index (Phi) is 8.43. The minimum atomic E-state index is -0.186. The number of aryl methyl sites for hydroxylation is 1. The van der Waals surface area contributed by atoms with Gasteiger partial charge >= 0.3 is 0 Å². The van der Waals surface area contributed by atoms with Gasteiger partial charge in [-0.25, -0.2) is 9.67 Å². The highest BCUT2D eigenvalue weighted by Crippen LogP contribution is 2.17. The Bertz CT molecular complexity index is 934. The van der Waals surface area contributed by atoms with Crippen molar-refractivity contribution >= 4 is 41.8 Å². The molecule has 0 aliphatic carbocycles. The van der Waals surface area contributed by atoms with Gasteiger partial charge < -0.3 is 15.2 Å². The van der Waals surface area contributed by atoms with Crippen LogP contribution in [0.3, 0.4) is 0 Å². The number of hydrogen-bond donors (Lipinski definition) is 2. The van der Waals surface area contributed by atoms with Crippen molar-refractivity contribution in [2.75, 3.05) is 19.6 Å². The summed E-state index contributed by atoms with van der Waals surface area (Å²) in [5.74, 6) is 0.798. The largest absolute Gasteiger partial charge is 0.350 e. The number of hydrogen-bond acceptors (Lipinski definition) is 5. The fourth-order valence-corrected chi connectivity index (χ4v) is 3.68. The molecule has 3 heterocycles. The maximum atomic E-state index is 12.4. The molecule has 8 nitrogen and oxygen atoms in total. The fourth-order valence-electron chi connectivity index (χ4n) is 3.68. The Morgan fingerprint density at radius 2 is 2.00 bits per heavy atom. The second-order valence-electron chi connectivity index (χ2n) is 6.83. The molecule has 1 fully saturated rings. The van der Waals surface area contributed by atoms with Crippen LogP contribution in [0.5, 0.6) is 0 Å². The van der Waals surface area contributed by atoms with Gasteiger partial charge in [-0.1, -0.05) is 17.3 Å². The van der Waals surface area contributed by atoms with Crippen LogP contribution in [0, 0.1) is 0 Å². The number of aromatic nitrogens is 5. The van der Waals surface area contributed by atoms with Crippen LogP contribution in [0.15, 0.2) is 30.5 Å². The van der Waals surface area contributed by atoms with Crippen molar-refractivity contribution in [3.63, 3.8) is 0 Å². The number of fused-ring (bicyclic) bond motifs is 1. The van der Waals surface area contributed by atoms with E-state index in [1.807, 2.05) is 22.9 Å². The molecular weight excluding hydrogens is 413 g/mol. The first-order valence-corrected chi connectivity index (χ1v) is 9.61. The predicted octanol–water partition coefficient (Wildman–Crippen LogP) is 2.39. The van der Waals surface area contributed by atoms with Gasteiger partial charge in [0.1, 0.15) is 5.82 Å². The van der Waals surface area contributed by atoms with E-state index in [0.717, 1.165) is 49.3 Å². The lowest BCUT2D eigenvalue weighted by Gasteiger charge is -2.22. The summed E-state index contributed by atoms with van der Waals surface area (Å²) in [5, 5.41) is 14.5. The molecule has 0 bridgehead atoms. The van der Waals surface area contributed by atoms with Crippen LogP contribution < -0.4 is 10.6 Å². The van der Waals surface area contributed by atoms with Gasteiger partial charge in [0.25, 0.3) is 5.91 Å². The maximum absolute atomic E-state index is 12.4. The third-order valence-corrected chi connectivity index (χ3v) is 5.11. The van der Waals surface area contributed by atoms with Crippen LogP contribution in [0.4, 0.5) is 0 Å². The average Bonchev–Trinajstić information content (AvgIpc) is 3.33. The first-order chi connectivity index (χ1) is 13.3. The Hall–Kier alpha value is -2.16. The van der Waals surface area contributed by atoms with Gasteiger partial charge in [0.05, 0.1) is 23.3 Å². The normalized spacial score (nSPS) is 14.2. The van der Waals surface area contributed by atoms with Gasteiger partial charge in [-0.2, -0.15) is 0 Å². The number of amides is 1. The van der Waals surface area contributed by atoms with Crippen molar-refractivity contribution in [3.8, 4) is 0 Å². The lowest BCUT2D eigenvalue weighted by molar-refractivity contribution is 0.0949. The first kappa shape index (κ1) is 23.1. The fraction of sp³-hybridized carbons (Fsp3) is 0.474. The smallest absolute Gasteiger partial charge is 0.273 e. The third kappa shape index (κ3) is 5.07. The van der Waals surface area contributed by atoms with Gasteiger partial charge in [0.15, 0.2) is 5.69 Å². The van der Waals surface area contributed by atoms with Gasteiger partial charge in [-0.3, -0.25) is 4.79 Å². The van der Waals surface area contributed by atoms with Gasteiger partial charge in [-0.15, -0.1) is 29.9 Å². The number of carbonyl (C=O) groups excluding carboxylic acids is 1. The van der Waals surface area contributed by atoms with E-state index >= 15 is 0 Å². The highest BCUT2D eigenvalue weighted by atomic mass is 35.5. The number of benzene rings is 1. The summed E-state index contributed by atoms with van der Waals surface area (Å²) in [6.45, 7) is 5.43. The van der Waals surface area contributed by atoms with E-state index in [-0.39, 0.29) is 30.7 Å². The lowest BCUT2D eigenvalue weighted by Crippen LogP contribution is -2.29. The standard InChI is InChI=1S/C19H25N7O.2ClH/c1-2-25-17-6-4-3-5-15(17)22-18(25)9-12-21-19(27)16-13-26(24-23-16)14-7-10-20-11-8-14;;/h3-6,13-14,20H,2,7-12H2,1H3,(H,21,27);2*1H. The molecule has 1 aromatic carbocycles. The minimum Gasteiger partial charge on any atom is -0.350 e. The molecule has 3 aromatic rings. The molecule has 2 aromatic heterocycles. The Labute approximate surface area is 182 Å². The van der Waals surface area contributed by atoms with E-state index in [9.17, 15) is 4.79 Å². The van der Waals surface area contributed by atoms with Crippen LogP contribution in [0.25, 0.3) is 11.0 Å². The summed E-state index contributed by atoms with van der Waals surface area (Å²) in [6.07, 6.45) is 4.46. The second kappa shape index (κ2) is 10.6. The zero-order valence-electron chi connectivity index (χ0n) is 16.4. The van der Waals surface area contributed by atoms with Crippen molar-refractivity contribution < 1.29 is 4.79 Å². The Balaban J connectivity index is 0.00000150. The molecule has 1 amide bonds. The number of halogens is 2. The number of piperidine rings is 1. The molecule has 0 unspecified atom stereocenters. The predicted molar refractivity (Wildman–Crippen MR) is 117 cm³/mol. The van der Waals surface area contributed by atoms with E-state index in [1.165, 1.54) is 0 Å². The highest BCUT2D eigenvalue weighted by Gasteiger charge is 2.18. The van der Waals surface area contributed by atoms with Gasteiger partial charge in [0, 0.05) is 19.5 Å². The zero-order valence-corrected chi connectivity index (χ0v) is 18.0. The van der Waals surface area contributed by atoms with Gasteiger partial charge in [0.2, 0.25) is 0 Å². The SMILES string of the molecule is CCn1c(CCNC(=O)c2cn(C3CCNCC3)nn2)nc2ccccc21.Cl.Cl. The van der Waals surface area contributed by atoms with Crippen LogP contribution in [0.1, 0.15) is 42.1 Å². The molecule has 29 heavy (non-hydrogen) atoms. The van der Waals surface area contributed by atoms with Crippen molar-refractivity contribution in [1.29, 1.82) is 0 Å². The summed E-state index contributed by atoms with van der Waals surface area (Å²) >= 11 is 0. The highest BCUT2D eigenvalue weighted by molar-refractivity contribution is 5.91. The molecule has 2 N–H and O–H groups in total. The Morgan fingerprint density at radius 1 is 1.24 bits per heavy atom. The third-order valence-electron chi connectivity index (χ3n) is 5.11. The summed E-state index contributed by atoms with van der Waals surface area (Å²) < 4.78 is 4.02. The summed E-state index contributed by atoms with van der Waals surface area (Å²) in [6, 6.07) is 8.43. The molecule has 1 aliphatic rings. The first-order valence-electron chi connectivity index (χ1n) is 9.61. The van der Waals surface area contributed by atoms with Gasteiger partial charge in [-0.05, 0) is 45.0 Å². The molecule has 0 atom stereocenters.